The molecule has 727 valence electrons. The summed E-state index contributed by atoms with van der Waals surface area (Å²) in [4.78, 5) is 49.6. The fourth-order valence-corrected chi connectivity index (χ4v) is 24.5. The van der Waals surface area contributed by atoms with Gasteiger partial charge in [-0.1, -0.05) is 137 Å². The second-order valence-corrected chi connectivity index (χ2v) is 42.9. The Balaban J connectivity index is 0.000000345. The van der Waals surface area contributed by atoms with Gasteiger partial charge >= 0.3 is 11.9 Å². The van der Waals surface area contributed by atoms with Crippen LogP contribution >= 0.6 is 71.7 Å². The van der Waals surface area contributed by atoms with Crippen molar-refractivity contribution < 1.29 is 146 Å². The van der Waals surface area contributed by atoms with Crippen LogP contribution in [0.3, 0.4) is 0 Å². The number of nitrogens with zero attached hydrogens (tertiary/aromatic N) is 4. The van der Waals surface area contributed by atoms with Crippen molar-refractivity contribution in [3.05, 3.63) is 48.5 Å². The first-order valence-corrected chi connectivity index (χ1v) is 49.5. The number of likely N-dealkylation sites (N-methyl/N-ethyl adjacent to an activating group) is 2. The summed E-state index contributed by atoms with van der Waals surface area (Å²) in [5.74, 6) is -8.11. The van der Waals surface area contributed by atoms with Gasteiger partial charge in [-0.25, -0.2) is 0 Å². The van der Waals surface area contributed by atoms with E-state index in [4.69, 9.17) is 83.8 Å². The number of fused-ring (bicyclic) bond motifs is 2. The summed E-state index contributed by atoms with van der Waals surface area (Å²) in [6, 6.07) is 15.4. The average molecular weight is 1950 g/mol. The van der Waals surface area contributed by atoms with Crippen molar-refractivity contribution in [2.24, 2.45) is 57.7 Å². The maximum Gasteiger partial charge on any atom is 0.311 e. The van der Waals surface area contributed by atoms with Crippen LogP contribution < -0.4 is 0 Å². The molecule has 0 bridgehead atoms. The normalized spacial score (nSPS) is 44.0. The van der Waals surface area contributed by atoms with Crippen LogP contribution in [0.5, 0.6) is 0 Å². The van der Waals surface area contributed by atoms with Crippen molar-refractivity contribution >= 4 is 95.1 Å². The summed E-state index contributed by atoms with van der Waals surface area (Å²) in [5.41, 5.74) is -8.75. The number of esters is 2. The van der Waals surface area contributed by atoms with E-state index in [0.29, 0.717) is 24.3 Å². The van der Waals surface area contributed by atoms with E-state index in [0.717, 1.165) is 31.6 Å². The number of oxime groups is 2. The zero-order valence-electron chi connectivity index (χ0n) is 81.1. The first kappa shape index (κ1) is 109. The van der Waals surface area contributed by atoms with Crippen LogP contribution in [0, 0.1) is 47.3 Å². The molecule has 9 N–H and O–H groups in total. The van der Waals surface area contributed by atoms with E-state index in [2.05, 4.69) is 17.8 Å². The van der Waals surface area contributed by atoms with Crippen LogP contribution in [0.2, 0.25) is 0 Å². The molecule has 8 heterocycles. The van der Waals surface area contributed by atoms with Gasteiger partial charge in [0.15, 0.2) is 25.2 Å². The number of benzene rings is 2. The molecule has 1 radical (unpaired) electrons. The Morgan fingerprint density at radius 1 is 0.520 bits per heavy atom. The predicted octanol–water partition coefficient (Wildman–Crippen LogP) is 11.4. The molecule has 10 rings (SSSR count). The number of aliphatic hydroxyl groups is 9. The molecule has 6 fully saturated rings. The fourth-order valence-electron chi connectivity index (χ4n) is 19.4. The summed E-state index contributed by atoms with van der Waals surface area (Å²) in [5, 5.41) is 112. The molecule has 16 unspecified atom stereocenters. The molecule has 0 aliphatic carbocycles. The topological polar surface area (TPSA) is 386 Å². The van der Waals surface area contributed by atoms with Gasteiger partial charge in [0, 0.05) is 120 Å². The summed E-state index contributed by atoms with van der Waals surface area (Å²) >= 11 is 10.5. The third-order valence-electron chi connectivity index (χ3n) is 26.9. The van der Waals surface area contributed by atoms with Gasteiger partial charge in [-0.05, 0) is 192 Å². The maximum atomic E-state index is 14.6. The smallest absolute Gasteiger partial charge is 0.311 e. The Hall–Kier alpha value is -1.88. The zero-order valence-corrected chi connectivity index (χ0v) is 85.5. The van der Waals surface area contributed by atoms with E-state index in [9.17, 15) is 50.4 Å². The average Bonchev–Trinajstić information content (AvgIpc) is 0.951. The van der Waals surface area contributed by atoms with E-state index >= 15 is 0 Å². The van der Waals surface area contributed by atoms with Gasteiger partial charge in [0.2, 0.25) is 11.0 Å². The number of carbonyl (C=O) groups is 2. The number of aliphatic hydroxyl groups excluding tert-OH is 5. The van der Waals surface area contributed by atoms with Crippen molar-refractivity contribution in [2.45, 2.75) is 387 Å². The minimum Gasteiger partial charge on any atom is -0.459 e. The Morgan fingerprint density at radius 3 is 1.24 bits per heavy atom. The minimum atomic E-state index is -1.96. The molecule has 30 nitrogen and oxygen atoms in total. The summed E-state index contributed by atoms with van der Waals surface area (Å²) < 4.78 is 97.9. The van der Waals surface area contributed by atoms with Crippen LogP contribution in [0.1, 0.15) is 191 Å². The predicted molar refractivity (Wildman–Crippen MR) is 491 cm³/mol. The number of ether oxygens (including phenoxy) is 12. The molecule has 6 saturated heterocycles. The van der Waals surface area contributed by atoms with Crippen LogP contribution in [0.4, 0.5) is 0 Å². The molecule has 36 atom stereocenters. The maximum absolute atomic E-state index is 14.6. The first-order valence-electron chi connectivity index (χ1n) is 45.3. The molecular formula is C90H150N4O26S6V. The molecule has 0 spiro atoms. The van der Waals surface area contributed by atoms with Crippen LogP contribution in [-0.2, 0) is 98.8 Å². The van der Waals surface area contributed by atoms with Crippen molar-refractivity contribution in [1.82, 2.24) is 9.80 Å². The van der Waals surface area contributed by atoms with E-state index in [1.54, 1.807) is 96.3 Å². The number of cyclic esters (lactones) is 2. The first-order chi connectivity index (χ1) is 60.0. The van der Waals surface area contributed by atoms with Crippen LogP contribution in [0.15, 0.2) is 78.4 Å². The SMILES string of the molecule is CC[C@H]1OC(=O)[C@H](C)[C@@H](OC2CC(C)(OC)C(O)C(C)O2)[C@H](C)[C@@H](OC2OC(C)CC(N(C)C)C2O)[C@](C)(O)C[C@@H](C)/C(=N\OC2Sc3ccccc3S2)[C@H](C)[C@@H](O)[C@]1(C)O.CS.[3H]CSOC1C(O[C@@H]2[C@@H](C)[C@H](OC3CC(C)(OC)C(O[3H])C(C)O3)[C@@H](C)C(=O)O[C@H](CC)[C@@](C)(O)[C@H](O)[C@@H](C)/C(=N/OC3Sc4ccccc4S3)[C@H](C)C[C@@]2(C)O)OC(C)CC1N(C)C.[V]. The van der Waals surface area contributed by atoms with E-state index in [1.807, 2.05) is 121 Å². The second-order valence-electron chi connectivity index (χ2n) is 37.5. The summed E-state index contributed by atoms with van der Waals surface area (Å²) in [6.07, 6.45) is -16.2. The minimum absolute atomic E-state index is 0. The van der Waals surface area contributed by atoms with E-state index in [1.165, 1.54) is 75.1 Å². The quantitative estimate of drug-likeness (QED) is 0.0240. The van der Waals surface area contributed by atoms with Crippen LogP contribution in [0.25, 0.3) is 0 Å². The monoisotopic (exact) mass is 1950 g/mol. The van der Waals surface area contributed by atoms with Gasteiger partial charge in [-0.2, -0.15) is 12.6 Å². The Labute approximate surface area is 795 Å². The number of hydrogen-bond acceptors (Lipinski definition) is 36. The molecule has 127 heavy (non-hydrogen) atoms. The summed E-state index contributed by atoms with van der Waals surface area (Å²) in [7, 11) is 10.7. The van der Waals surface area contributed by atoms with Crippen molar-refractivity contribution in [3.8, 4) is 0 Å². The molecule has 0 saturated carbocycles. The third-order valence-corrected chi connectivity index (χ3v) is 32.2. The van der Waals surface area contributed by atoms with Gasteiger partial charge in [0.1, 0.15) is 47.8 Å². The standard InChI is InChI=1S/C45H74N2O13S3.C44H72N2O13S2.CH4S.V/c1-15-32-45(10,52)37(48)25(4)34(46-59-42-62-30-18-16-17-19-31(30)63-42)23(2)21-43(8,51)39(58-41-36(60-61-14)29(47(11)12)20-24(3)54-41)26(5)35(27(6)40(50)56-32)57-33-22-44(9,53-13)38(49)28(7)55-33;1-14-31-44(10,52)36(48)24(4)33(45-59-41-60-29-17-15-16-18-30(29)61-41)22(2)20-42(8,51)38(58-40-34(47)28(46(11)12)19-23(3)54-40)25(5)35(26(6)39(50)56-31)57-32-21-43(9,53-13)37(49)27(7)55-32;1-2;/h16-19,23-29,32-33,35-39,41-42,48-49,51-52H,15,20-22H2,1-14H3;15-18,22-28,31-32,34-38,40-41,47-49,51-52H,14,19-21H2,1-13H3;2H,1H3;/b46-34+;45-33+;;/t23-,24?,25+,26+,27-,28?,29?,32-,33?,35+,36?,37-,38?,39-,41?,43-,44?,45-;22-,23?,24+,25+,26-,27?,28?,31-,32?,34?,35+,36-,37?,38-,40?,42-,43?,44-;;/m11../s1/i14T,49T;;;. The molecule has 0 aromatic heterocycles. The second kappa shape index (κ2) is 47.9. The Morgan fingerprint density at radius 2 is 0.882 bits per heavy atom. The van der Waals surface area contributed by atoms with Gasteiger partial charge in [-0.15, -0.1) is 0 Å². The molecular weight excluding hydrogens is 1800 g/mol. The van der Waals surface area contributed by atoms with Gasteiger partial charge < -0.3 is 126 Å². The van der Waals surface area contributed by atoms with Crippen LogP contribution in [-0.4, -0.2) is 314 Å². The number of thioether (sulfide) groups is 4. The Bertz CT molecular complexity index is 3840. The van der Waals surface area contributed by atoms with Gasteiger partial charge in [0.05, 0.1) is 107 Å². The van der Waals surface area contributed by atoms with Crippen molar-refractivity contribution in [3.63, 3.8) is 0 Å². The van der Waals surface area contributed by atoms with Gasteiger partial charge in [-0.3, -0.25) is 9.59 Å². The fraction of sp³-hybridized carbons (Fsp3) is 0.822. The van der Waals surface area contributed by atoms with E-state index < -0.39 is 213 Å². The molecule has 8 aliphatic rings. The number of thiol groups is 1. The Kier molecular flexibility index (Phi) is 41.1. The van der Waals surface area contributed by atoms with E-state index in [-0.39, 0.29) is 87.6 Å². The van der Waals surface area contributed by atoms with Crippen molar-refractivity contribution in [1.29, 1.82) is 1.43 Å². The number of rotatable bonds is 21. The van der Waals surface area contributed by atoms with Crippen molar-refractivity contribution in [2.75, 3.05) is 54.9 Å². The summed E-state index contributed by atoms with van der Waals surface area (Å²) in [6.45, 7) is 34.7. The number of hydrogen-bond donors (Lipinski definition) is 10. The molecule has 2 aromatic rings. The third kappa shape index (κ3) is 26.7. The zero-order chi connectivity index (χ0) is 95.5. The molecule has 37 heteroatoms. The number of carbonyl (C=O) groups excluding carboxylic acids is 2. The molecule has 8 aliphatic heterocycles. The van der Waals surface area contributed by atoms with Gasteiger partial charge in [0.25, 0.3) is 0 Å². The largest absolute Gasteiger partial charge is 0.459 e. The molecule has 0 amide bonds. The molecule has 2 aromatic carbocycles. The number of methoxy groups -OCH3 is 2.